The van der Waals surface area contributed by atoms with Crippen molar-refractivity contribution in [3.8, 4) is 0 Å². The predicted molar refractivity (Wildman–Crippen MR) is 79.1 cm³/mol. The van der Waals surface area contributed by atoms with E-state index in [1.165, 1.54) is 38.9 Å². The molecule has 4 heteroatoms. The van der Waals surface area contributed by atoms with Gasteiger partial charge in [-0.25, -0.2) is 0 Å². The summed E-state index contributed by atoms with van der Waals surface area (Å²) in [4.78, 5) is 6.77. The number of rotatable bonds is 6. The van der Waals surface area contributed by atoms with E-state index in [1.54, 1.807) is 0 Å². The SMILES string of the molecule is CCCNC(=NC)NCCC1CCN(CC)CC1. The van der Waals surface area contributed by atoms with Gasteiger partial charge in [-0.2, -0.15) is 0 Å². The standard InChI is InChI=1S/C14H30N4/c1-4-9-16-14(15-3)17-10-6-13-7-11-18(5-2)12-8-13/h13H,4-12H2,1-3H3,(H2,15,16,17). The maximum Gasteiger partial charge on any atom is 0.190 e. The maximum absolute atomic E-state index is 4.22. The Kier molecular flexibility index (Phi) is 7.81. The summed E-state index contributed by atoms with van der Waals surface area (Å²) < 4.78 is 0. The number of aliphatic imine (C=N–C) groups is 1. The van der Waals surface area contributed by atoms with Gasteiger partial charge in [0.15, 0.2) is 5.96 Å². The van der Waals surface area contributed by atoms with Crippen LogP contribution in [-0.4, -0.2) is 50.6 Å². The summed E-state index contributed by atoms with van der Waals surface area (Å²) in [5.41, 5.74) is 0. The molecular weight excluding hydrogens is 224 g/mol. The van der Waals surface area contributed by atoms with Crippen LogP contribution in [0, 0.1) is 5.92 Å². The first-order chi connectivity index (χ1) is 8.80. The van der Waals surface area contributed by atoms with Crippen LogP contribution in [0.15, 0.2) is 4.99 Å². The minimum Gasteiger partial charge on any atom is -0.356 e. The van der Waals surface area contributed by atoms with Crippen LogP contribution < -0.4 is 10.6 Å². The molecule has 0 unspecified atom stereocenters. The molecular formula is C14H30N4. The third-order valence-corrected chi connectivity index (χ3v) is 3.77. The van der Waals surface area contributed by atoms with Crippen LogP contribution >= 0.6 is 0 Å². The Morgan fingerprint density at radius 2 is 1.83 bits per heavy atom. The number of guanidine groups is 1. The van der Waals surface area contributed by atoms with Crippen molar-refractivity contribution in [1.29, 1.82) is 0 Å². The molecule has 1 heterocycles. The Labute approximate surface area is 112 Å². The molecule has 0 spiro atoms. The first kappa shape index (κ1) is 15.3. The van der Waals surface area contributed by atoms with Crippen molar-refractivity contribution >= 4 is 5.96 Å². The molecule has 2 N–H and O–H groups in total. The quantitative estimate of drug-likeness (QED) is 0.560. The second kappa shape index (κ2) is 9.20. The first-order valence-electron chi connectivity index (χ1n) is 7.47. The molecule has 106 valence electrons. The van der Waals surface area contributed by atoms with Gasteiger partial charge in [0, 0.05) is 20.1 Å². The maximum atomic E-state index is 4.22. The molecule has 18 heavy (non-hydrogen) atoms. The van der Waals surface area contributed by atoms with Gasteiger partial charge in [-0.3, -0.25) is 4.99 Å². The van der Waals surface area contributed by atoms with E-state index < -0.39 is 0 Å². The van der Waals surface area contributed by atoms with Crippen molar-refractivity contribution in [2.45, 2.75) is 39.5 Å². The monoisotopic (exact) mass is 254 g/mol. The lowest BCUT2D eigenvalue weighted by Gasteiger charge is -2.31. The number of piperidine rings is 1. The molecule has 0 saturated carbocycles. The number of nitrogens with one attached hydrogen (secondary N) is 2. The van der Waals surface area contributed by atoms with Gasteiger partial charge >= 0.3 is 0 Å². The fourth-order valence-electron chi connectivity index (χ4n) is 2.45. The predicted octanol–water partition coefficient (Wildman–Crippen LogP) is 1.68. The molecule has 1 rings (SSSR count). The van der Waals surface area contributed by atoms with Gasteiger partial charge in [0.1, 0.15) is 0 Å². The van der Waals surface area contributed by atoms with Crippen molar-refractivity contribution in [3.63, 3.8) is 0 Å². The highest BCUT2D eigenvalue weighted by molar-refractivity contribution is 5.79. The molecule has 0 atom stereocenters. The van der Waals surface area contributed by atoms with Crippen LogP contribution in [0.4, 0.5) is 0 Å². The van der Waals surface area contributed by atoms with Crippen LogP contribution in [0.1, 0.15) is 39.5 Å². The van der Waals surface area contributed by atoms with E-state index in [0.717, 1.165) is 31.4 Å². The van der Waals surface area contributed by atoms with E-state index in [2.05, 4.69) is 34.4 Å². The van der Waals surface area contributed by atoms with Crippen LogP contribution in [-0.2, 0) is 0 Å². The van der Waals surface area contributed by atoms with Crippen LogP contribution in [0.5, 0.6) is 0 Å². The normalized spacial score (nSPS) is 18.9. The van der Waals surface area contributed by atoms with E-state index in [9.17, 15) is 0 Å². The third kappa shape index (κ3) is 5.71. The molecule has 1 fully saturated rings. The third-order valence-electron chi connectivity index (χ3n) is 3.77. The average molecular weight is 254 g/mol. The summed E-state index contributed by atoms with van der Waals surface area (Å²) in [5, 5.41) is 6.71. The second-order valence-corrected chi connectivity index (χ2v) is 5.09. The molecule has 4 nitrogen and oxygen atoms in total. The van der Waals surface area contributed by atoms with Crippen LogP contribution in [0.25, 0.3) is 0 Å². The second-order valence-electron chi connectivity index (χ2n) is 5.09. The Morgan fingerprint density at radius 1 is 1.17 bits per heavy atom. The Balaban J connectivity index is 2.10. The van der Waals surface area contributed by atoms with Gasteiger partial charge in [-0.05, 0) is 51.2 Å². The summed E-state index contributed by atoms with van der Waals surface area (Å²) in [6, 6.07) is 0. The average Bonchev–Trinajstić information content (AvgIpc) is 2.43. The van der Waals surface area contributed by atoms with Crippen LogP contribution in [0.2, 0.25) is 0 Å². The molecule has 1 aliphatic heterocycles. The van der Waals surface area contributed by atoms with Gasteiger partial charge in [-0.1, -0.05) is 13.8 Å². The van der Waals surface area contributed by atoms with Crippen molar-refractivity contribution in [2.24, 2.45) is 10.9 Å². The molecule has 0 aromatic carbocycles. The summed E-state index contributed by atoms with van der Waals surface area (Å²) in [6.07, 6.45) is 5.12. The van der Waals surface area contributed by atoms with Gasteiger partial charge < -0.3 is 15.5 Å². The molecule has 0 aliphatic carbocycles. The molecule has 0 bridgehead atoms. The highest BCUT2D eigenvalue weighted by Crippen LogP contribution is 2.19. The largest absolute Gasteiger partial charge is 0.356 e. The van der Waals surface area contributed by atoms with E-state index >= 15 is 0 Å². The van der Waals surface area contributed by atoms with Gasteiger partial charge in [0.05, 0.1) is 0 Å². The van der Waals surface area contributed by atoms with Crippen molar-refractivity contribution < 1.29 is 0 Å². The summed E-state index contributed by atoms with van der Waals surface area (Å²) in [5.74, 6) is 1.84. The lowest BCUT2D eigenvalue weighted by molar-refractivity contribution is 0.187. The van der Waals surface area contributed by atoms with Crippen molar-refractivity contribution in [3.05, 3.63) is 0 Å². The summed E-state index contributed by atoms with van der Waals surface area (Å²) in [7, 11) is 1.84. The molecule has 0 radical (unpaired) electrons. The van der Waals surface area contributed by atoms with Crippen molar-refractivity contribution in [2.75, 3.05) is 39.8 Å². The Bertz CT molecular complexity index is 232. The highest BCUT2D eigenvalue weighted by atomic mass is 15.2. The molecule has 1 aliphatic rings. The number of nitrogens with zero attached hydrogens (tertiary/aromatic N) is 2. The zero-order valence-corrected chi connectivity index (χ0v) is 12.3. The number of hydrogen-bond acceptors (Lipinski definition) is 2. The number of hydrogen-bond donors (Lipinski definition) is 2. The van der Waals surface area contributed by atoms with Crippen LogP contribution in [0.3, 0.4) is 0 Å². The Morgan fingerprint density at radius 3 is 2.39 bits per heavy atom. The highest BCUT2D eigenvalue weighted by Gasteiger charge is 2.17. The molecule has 0 aromatic heterocycles. The van der Waals surface area contributed by atoms with E-state index in [4.69, 9.17) is 0 Å². The van der Waals surface area contributed by atoms with Gasteiger partial charge in [-0.15, -0.1) is 0 Å². The molecule has 0 amide bonds. The number of likely N-dealkylation sites (tertiary alicyclic amines) is 1. The van der Waals surface area contributed by atoms with Gasteiger partial charge in [0.2, 0.25) is 0 Å². The first-order valence-corrected chi connectivity index (χ1v) is 7.47. The summed E-state index contributed by atoms with van der Waals surface area (Å²) >= 11 is 0. The fraction of sp³-hybridized carbons (Fsp3) is 0.929. The molecule has 1 saturated heterocycles. The zero-order valence-electron chi connectivity index (χ0n) is 12.3. The van der Waals surface area contributed by atoms with E-state index in [-0.39, 0.29) is 0 Å². The Hall–Kier alpha value is -0.770. The zero-order chi connectivity index (χ0) is 13.2. The minimum absolute atomic E-state index is 0.893. The van der Waals surface area contributed by atoms with E-state index in [1.807, 2.05) is 7.05 Å². The fourth-order valence-corrected chi connectivity index (χ4v) is 2.45. The topological polar surface area (TPSA) is 39.7 Å². The minimum atomic E-state index is 0.893. The van der Waals surface area contributed by atoms with E-state index in [0.29, 0.717) is 0 Å². The lowest BCUT2D eigenvalue weighted by Crippen LogP contribution is -2.39. The summed E-state index contributed by atoms with van der Waals surface area (Å²) in [6.45, 7) is 10.2. The molecule has 0 aromatic rings. The lowest BCUT2D eigenvalue weighted by atomic mass is 9.93. The van der Waals surface area contributed by atoms with Crippen molar-refractivity contribution in [1.82, 2.24) is 15.5 Å². The smallest absolute Gasteiger partial charge is 0.190 e. The van der Waals surface area contributed by atoms with Gasteiger partial charge in [0.25, 0.3) is 0 Å².